The van der Waals surface area contributed by atoms with Gasteiger partial charge in [0.15, 0.2) is 0 Å². The normalized spacial score (nSPS) is 20.6. The van der Waals surface area contributed by atoms with Crippen molar-refractivity contribution in [2.24, 2.45) is 4.40 Å². The maximum Gasteiger partial charge on any atom is 0.317 e. The summed E-state index contributed by atoms with van der Waals surface area (Å²) in [7, 11) is -3.72. The van der Waals surface area contributed by atoms with Gasteiger partial charge in [-0.05, 0) is 32.3 Å². The van der Waals surface area contributed by atoms with Crippen molar-refractivity contribution in [1.82, 2.24) is 15.1 Å². The highest BCUT2D eigenvalue weighted by Gasteiger charge is 2.34. The van der Waals surface area contributed by atoms with Gasteiger partial charge in [-0.25, -0.2) is 4.79 Å². The van der Waals surface area contributed by atoms with Gasteiger partial charge < -0.3 is 15.1 Å². The van der Waals surface area contributed by atoms with E-state index in [0.717, 1.165) is 12.8 Å². The Hall–Kier alpha value is -2.35. The standard InChI is InChI=1S/C20H28N4O3S/c1-4-15(2)21-20(25)24-12-8-11-23(13-14-24)19-16(3)18(28(26,27)22-19)17-9-6-5-7-10-17/h5-7,9-10,15H,4,8,11-14H2,1-3H3,(H,21,25)/t15-/m1/s1. The number of hydrogen-bond acceptors (Lipinski definition) is 4. The van der Waals surface area contributed by atoms with Gasteiger partial charge in [0, 0.05) is 37.8 Å². The van der Waals surface area contributed by atoms with Crippen LogP contribution in [0.25, 0.3) is 4.91 Å². The molecule has 2 aliphatic heterocycles. The van der Waals surface area contributed by atoms with E-state index in [-0.39, 0.29) is 17.0 Å². The fourth-order valence-corrected chi connectivity index (χ4v) is 4.99. The lowest BCUT2D eigenvalue weighted by Crippen LogP contribution is -2.45. The third-order valence-corrected chi connectivity index (χ3v) is 6.71. The molecule has 1 fully saturated rings. The maximum absolute atomic E-state index is 12.7. The molecule has 0 aromatic heterocycles. The van der Waals surface area contributed by atoms with Gasteiger partial charge in [0.2, 0.25) is 0 Å². The first-order valence-electron chi connectivity index (χ1n) is 9.75. The summed E-state index contributed by atoms with van der Waals surface area (Å²) in [4.78, 5) is 16.5. The maximum atomic E-state index is 12.7. The van der Waals surface area contributed by atoms with E-state index in [0.29, 0.717) is 43.2 Å². The van der Waals surface area contributed by atoms with Crippen molar-refractivity contribution in [1.29, 1.82) is 0 Å². The van der Waals surface area contributed by atoms with Crippen LogP contribution in [0, 0.1) is 0 Å². The van der Waals surface area contributed by atoms with E-state index < -0.39 is 10.0 Å². The van der Waals surface area contributed by atoms with Crippen molar-refractivity contribution >= 4 is 26.8 Å². The Bertz CT molecular complexity index is 893. The van der Waals surface area contributed by atoms with E-state index in [1.165, 1.54) is 0 Å². The Balaban J connectivity index is 1.77. The van der Waals surface area contributed by atoms with Gasteiger partial charge in [-0.3, -0.25) is 0 Å². The Morgan fingerprint density at radius 2 is 1.89 bits per heavy atom. The van der Waals surface area contributed by atoms with E-state index in [1.54, 1.807) is 17.0 Å². The van der Waals surface area contributed by atoms with Crippen molar-refractivity contribution < 1.29 is 13.2 Å². The van der Waals surface area contributed by atoms with Crippen LogP contribution in [0.5, 0.6) is 0 Å². The van der Waals surface area contributed by atoms with Crippen LogP contribution in [0.4, 0.5) is 4.79 Å². The number of benzene rings is 1. The number of carbonyl (C=O) groups is 1. The van der Waals surface area contributed by atoms with Crippen LogP contribution >= 0.6 is 0 Å². The molecular weight excluding hydrogens is 376 g/mol. The molecule has 1 aromatic rings. The van der Waals surface area contributed by atoms with E-state index in [9.17, 15) is 13.2 Å². The predicted octanol–water partition coefficient (Wildman–Crippen LogP) is 2.68. The van der Waals surface area contributed by atoms with Gasteiger partial charge >= 0.3 is 6.03 Å². The molecule has 3 rings (SSSR count). The van der Waals surface area contributed by atoms with Gasteiger partial charge in [-0.2, -0.15) is 8.42 Å². The van der Waals surface area contributed by atoms with Crippen molar-refractivity contribution in [3.05, 3.63) is 41.5 Å². The Morgan fingerprint density at radius 3 is 2.57 bits per heavy atom. The topological polar surface area (TPSA) is 82.1 Å². The number of hydrogen-bond donors (Lipinski definition) is 1. The minimum atomic E-state index is -3.72. The van der Waals surface area contributed by atoms with Crippen LogP contribution in [0.2, 0.25) is 0 Å². The summed E-state index contributed by atoms with van der Waals surface area (Å²) < 4.78 is 29.5. The zero-order valence-corrected chi connectivity index (χ0v) is 17.5. The van der Waals surface area contributed by atoms with E-state index in [2.05, 4.69) is 9.71 Å². The summed E-state index contributed by atoms with van der Waals surface area (Å²) >= 11 is 0. The van der Waals surface area contributed by atoms with Gasteiger partial charge in [-0.1, -0.05) is 37.3 Å². The second kappa shape index (κ2) is 8.34. The summed E-state index contributed by atoms with van der Waals surface area (Å²) in [5, 5.41) is 2.99. The number of carbonyl (C=O) groups excluding carboxylic acids is 1. The Morgan fingerprint density at radius 1 is 1.18 bits per heavy atom. The largest absolute Gasteiger partial charge is 0.354 e. The van der Waals surface area contributed by atoms with Gasteiger partial charge in [-0.15, -0.1) is 4.40 Å². The number of amides is 2. The number of amidine groups is 1. The number of nitrogens with one attached hydrogen (secondary N) is 1. The van der Waals surface area contributed by atoms with Crippen LogP contribution in [0.1, 0.15) is 39.2 Å². The molecule has 0 bridgehead atoms. The number of sulfonamides is 1. The minimum Gasteiger partial charge on any atom is -0.354 e. The lowest BCUT2D eigenvalue weighted by Gasteiger charge is -2.25. The molecule has 0 saturated carbocycles. The molecule has 1 atom stereocenters. The summed E-state index contributed by atoms with van der Waals surface area (Å²) in [5.41, 5.74) is 1.33. The molecule has 0 unspecified atom stereocenters. The summed E-state index contributed by atoms with van der Waals surface area (Å²) in [6.07, 6.45) is 1.65. The fraction of sp³-hybridized carbons (Fsp3) is 0.500. The SMILES string of the molecule is CC[C@@H](C)NC(=O)N1CCCN(C2=NS(=O)(=O)C(c3ccccc3)=C2C)CC1. The highest BCUT2D eigenvalue weighted by molar-refractivity contribution is 8.00. The lowest BCUT2D eigenvalue weighted by atomic mass is 10.1. The third kappa shape index (κ3) is 4.22. The summed E-state index contributed by atoms with van der Waals surface area (Å²) in [6, 6.07) is 9.16. The molecule has 1 aromatic carbocycles. The first kappa shape index (κ1) is 20.4. The number of urea groups is 1. The molecule has 1 N–H and O–H groups in total. The van der Waals surface area contributed by atoms with Crippen LogP contribution in [0.15, 0.2) is 40.3 Å². The fourth-order valence-electron chi connectivity index (χ4n) is 3.51. The molecule has 7 nitrogen and oxygen atoms in total. The molecular formula is C20H28N4O3S. The number of nitrogens with zero attached hydrogens (tertiary/aromatic N) is 3. The summed E-state index contributed by atoms with van der Waals surface area (Å²) in [6.45, 7) is 8.24. The molecule has 1 saturated heterocycles. The first-order chi connectivity index (χ1) is 13.3. The molecule has 2 amide bonds. The van der Waals surface area contributed by atoms with Crippen LogP contribution in [0.3, 0.4) is 0 Å². The first-order valence-corrected chi connectivity index (χ1v) is 11.2. The van der Waals surface area contributed by atoms with Gasteiger partial charge in [0.1, 0.15) is 10.7 Å². The zero-order chi connectivity index (χ0) is 20.3. The Labute approximate surface area is 167 Å². The monoisotopic (exact) mass is 404 g/mol. The van der Waals surface area contributed by atoms with Crippen molar-refractivity contribution in [3.63, 3.8) is 0 Å². The van der Waals surface area contributed by atoms with Crippen molar-refractivity contribution in [3.8, 4) is 0 Å². The highest BCUT2D eigenvalue weighted by atomic mass is 32.2. The number of rotatable bonds is 3. The van der Waals surface area contributed by atoms with E-state index in [4.69, 9.17) is 0 Å². The van der Waals surface area contributed by atoms with Crippen LogP contribution in [-0.4, -0.2) is 62.3 Å². The zero-order valence-electron chi connectivity index (χ0n) is 16.7. The smallest absolute Gasteiger partial charge is 0.317 e. The molecule has 0 aliphatic carbocycles. The molecule has 8 heteroatoms. The average Bonchev–Trinajstić information content (AvgIpc) is 2.83. The van der Waals surface area contributed by atoms with E-state index >= 15 is 0 Å². The second-order valence-corrected chi connectivity index (χ2v) is 8.84. The third-order valence-electron chi connectivity index (χ3n) is 5.24. The molecule has 0 radical (unpaired) electrons. The predicted molar refractivity (Wildman–Crippen MR) is 111 cm³/mol. The molecule has 152 valence electrons. The van der Waals surface area contributed by atoms with Gasteiger partial charge in [0.05, 0.1) is 0 Å². The van der Waals surface area contributed by atoms with Crippen molar-refractivity contribution in [2.45, 2.75) is 39.7 Å². The van der Waals surface area contributed by atoms with E-state index in [1.807, 2.05) is 43.9 Å². The second-order valence-electron chi connectivity index (χ2n) is 7.30. The molecule has 28 heavy (non-hydrogen) atoms. The average molecular weight is 405 g/mol. The highest BCUT2D eigenvalue weighted by Crippen LogP contribution is 2.33. The van der Waals surface area contributed by atoms with Gasteiger partial charge in [0.25, 0.3) is 10.0 Å². The van der Waals surface area contributed by atoms with Crippen LogP contribution < -0.4 is 5.32 Å². The lowest BCUT2D eigenvalue weighted by molar-refractivity contribution is 0.196. The van der Waals surface area contributed by atoms with Crippen molar-refractivity contribution in [2.75, 3.05) is 26.2 Å². The quantitative estimate of drug-likeness (QED) is 0.840. The molecule has 0 spiro atoms. The van der Waals surface area contributed by atoms with Crippen LogP contribution in [-0.2, 0) is 10.0 Å². The minimum absolute atomic E-state index is 0.0607. The molecule has 2 aliphatic rings. The summed E-state index contributed by atoms with van der Waals surface area (Å²) in [5.74, 6) is 0.503. The molecule has 2 heterocycles. The Kier molecular flexibility index (Phi) is 6.07.